The molecule has 3 heterocycles. The number of rotatable bonds is 1. The topological polar surface area (TPSA) is 80.5 Å². The van der Waals surface area contributed by atoms with Gasteiger partial charge in [0.1, 0.15) is 5.82 Å². The van der Waals surface area contributed by atoms with E-state index in [0.29, 0.717) is 17.2 Å². The van der Waals surface area contributed by atoms with Crippen LogP contribution < -0.4 is 5.73 Å². The van der Waals surface area contributed by atoms with Crippen molar-refractivity contribution >= 4 is 32.8 Å². The predicted molar refractivity (Wildman–Crippen MR) is 69.2 cm³/mol. The molecule has 0 saturated heterocycles. The molecule has 0 aliphatic heterocycles. The summed E-state index contributed by atoms with van der Waals surface area (Å²) < 4.78 is 0.908. The molecule has 0 saturated carbocycles. The van der Waals surface area contributed by atoms with Gasteiger partial charge in [0.05, 0.1) is 11.2 Å². The van der Waals surface area contributed by atoms with E-state index in [4.69, 9.17) is 5.73 Å². The van der Waals surface area contributed by atoms with Gasteiger partial charge in [-0.25, -0.2) is 9.97 Å². The summed E-state index contributed by atoms with van der Waals surface area (Å²) in [6.07, 6.45) is 5.02. The van der Waals surface area contributed by atoms with Crippen LogP contribution in [0.1, 0.15) is 0 Å². The normalized spacial score (nSPS) is 10.9. The molecule has 0 bridgehead atoms. The highest BCUT2D eigenvalue weighted by atomic mass is 79.9. The molecule has 0 aliphatic carbocycles. The molecule has 3 rings (SSSR count). The second-order valence-corrected chi connectivity index (χ2v) is 4.53. The first-order valence-electron chi connectivity index (χ1n) is 4.94. The van der Waals surface area contributed by atoms with Gasteiger partial charge in [-0.05, 0) is 28.1 Å². The zero-order valence-electron chi connectivity index (χ0n) is 8.68. The molecule has 0 aliphatic rings. The average molecular weight is 290 g/mol. The quantitative estimate of drug-likeness (QED) is 0.721. The number of hydrogen-bond donors (Lipinski definition) is 2. The molecule has 0 radical (unpaired) electrons. The highest BCUT2D eigenvalue weighted by Gasteiger charge is 2.07. The van der Waals surface area contributed by atoms with Crippen LogP contribution in [0.2, 0.25) is 0 Å². The number of halogens is 1. The van der Waals surface area contributed by atoms with Crippen LogP contribution in [0, 0.1) is 0 Å². The molecule has 0 amide bonds. The summed E-state index contributed by atoms with van der Waals surface area (Å²) in [5, 5.41) is 0. The van der Waals surface area contributed by atoms with Crippen molar-refractivity contribution in [1.29, 1.82) is 0 Å². The fraction of sp³-hybridized carbons (Fsp3) is 0. The summed E-state index contributed by atoms with van der Waals surface area (Å²) >= 11 is 3.37. The fourth-order valence-electron chi connectivity index (χ4n) is 1.60. The second-order valence-electron chi connectivity index (χ2n) is 3.62. The van der Waals surface area contributed by atoms with Crippen molar-refractivity contribution in [3.05, 3.63) is 35.2 Å². The van der Waals surface area contributed by atoms with Crippen LogP contribution in [0.15, 0.2) is 35.2 Å². The SMILES string of the molecule is Nc1cncc(-c2nc3ncc(Br)cc3[nH]2)c1. The lowest BCUT2D eigenvalue weighted by atomic mass is 10.2. The van der Waals surface area contributed by atoms with Crippen molar-refractivity contribution in [2.75, 3.05) is 5.73 Å². The first-order valence-corrected chi connectivity index (χ1v) is 5.74. The van der Waals surface area contributed by atoms with E-state index in [2.05, 4.69) is 35.9 Å². The number of nitrogen functional groups attached to an aromatic ring is 1. The van der Waals surface area contributed by atoms with Crippen LogP contribution in [0.5, 0.6) is 0 Å². The number of fused-ring (bicyclic) bond motifs is 1. The van der Waals surface area contributed by atoms with Gasteiger partial charge in [0.2, 0.25) is 0 Å². The number of nitrogens with zero attached hydrogens (tertiary/aromatic N) is 3. The average Bonchev–Trinajstić information content (AvgIpc) is 2.72. The number of nitrogens with one attached hydrogen (secondary N) is 1. The third-order valence-electron chi connectivity index (χ3n) is 2.34. The third kappa shape index (κ3) is 1.87. The van der Waals surface area contributed by atoms with E-state index in [9.17, 15) is 0 Å². The van der Waals surface area contributed by atoms with Crippen molar-refractivity contribution in [2.24, 2.45) is 0 Å². The Hall–Kier alpha value is -1.95. The molecule has 5 nitrogen and oxygen atoms in total. The summed E-state index contributed by atoms with van der Waals surface area (Å²) in [6.45, 7) is 0. The van der Waals surface area contributed by atoms with Crippen LogP contribution in [-0.2, 0) is 0 Å². The number of aromatic amines is 1. The smallest absolute Gasteiger partial charge is 0.178 e. The van der Waals surface area contributed by atoms with Gasteiger partial charge in [0.15, 0.2) is 5.65 Å². The maximum absolute atomic E-state index is 5.69. The molecule has 84 valence electrons. The highest BCUT2D eigenvalue weighted by Crippen LogP contribution is 2.21. The van der Waals surface area contributed by atoms with Crippen molar-refractivity contribution in [2.45, 2.75) is 0 Å². The van der Waals surface area contributed by atoms with Crippen LogP contribution in [0.4, 0.5) is 5.69 Å². The van der Waals surface area contributed by atoms with Crippen LogP contribution in [0.3, 0.4) is 0 Å². The standard InChI is InChI=1S/C11H8BrN5/c12-7-2-9-11(15-4-7)17-10(16-9)6-1-8(13)5-14-3-6/h1-5H,13H2,(H,15,16,17). The molecule has 3 aromatic rings. The Morgan fingerprint density at radius 3 is 2.88 bits per heavy atom. The molecular weight excluding hydrogens is 282 g/mol. The minimum atomic E-state index is 0.608. The Kier molecular flexibility index (Phi) is 2.29. The number of imidazole rings is 1. The van der Waals surface area contributed by atoms with Gasteiger partial charge in [-0.2, -0.15) is 0 Å². The van der Waals surface area contributed by atoms with Gasteiger partial charge < -0.3 is 10.7 Å². The first kappa shape index (κ1) is 10.2. The van der Waals surface area contributed by atoms with E-state index in [-0.39, 0.29) is 0 Å². The van der Waals surface area contributed by atoms with Gasteiger partial charge in [-0.3, -0.25) is 4.98 Å². The number of pyridine rings is 2. The van der Waals surface area contributed by atoms with Gasteiger partial charge in [-0.15, -0.1) is 0 Å². The highest BCUT2D eigenvalue weighted by molar-refractivity contribution is 9.10. The van der Waals surface area contributed by atoms with Gasteiger partial charge >= 0.3 is 0 Å². The molecular formula is C11H8BrN5. The van der Waals surface area contributed by atoms with Crippen molar-refractivity contribution in [1.82, 2.24) is 19.9 Å². The van der Waals surface area contributed by atoms with E-state index in [1.54, 1.807) is 18.6 Å². The molecule has 6 heteroatoms. The molecule has 0 unspecified atom stereocenters. The van der Waals surface area contributed by atoms with Crippen LogP contribution in [0.25, 0.3) is 22.6 Å². The molecule has 0 atom stereocenters. The van der Waals surface area contributed by atoms with Gasteiger partial charge in [-0.1, -0.05) is 0 Å². The van der Waals surface area contributed by atoms with E-state index in [0.717, 1.165) is 15.6 Å². The van der Waals surface area contributed by atoms with E-state index in [1.165, 1.54) is 0 Å². The summed E-state index contributed by atoms with van der Waals surface area (Å²) in [5.74, 6) is 0.713. The monoisotopic (exact) mass is 289 g/mol. The molecule has 3 aromatic heterocycles. The Bertz CT molecular complexity index is 691. The number of nitrogens with two attached hydrogens (primary N) is 1. The Morgan fingerprint density at radius 1 is 1.18 bits per heavy atom. The molecule has 3 N–H and O–H groups in total. The zero-order chi connectivity index (χ0) is 11.8. The van der Waals surface area contributed by atoms with E-state index in [1.807, 2.05) is 12.1 Å². The third-order valence-corrected chi connectivity index (χ3v) is 2.77. The Labute approximate surface area is 105 Å². The van der Waals surface area contributed by atoms with E-state index < -0.39 is 0 Å². The summed E-state index contributed by atoms with van der Waals surface area (Å²) in [7, 11) is 0. The maximum Gasteiger partial charge on any atom is 0.178 e. The van der Waals surface area contributed by atoms with Gasteiger partial charge in [0, 0.05) is 28.6 Å². The van der Waals surface area contributed by atoms with Crippen molar-refractivity contribution in [3.8, 4) is 11.4 Å². The molecule has 0 aromatic carbocycles. The zero-order valence-corrected chi connectivity index (χ0v) is 10.3. The van der Waals surface area contributed by atoms with Crippen LogP contribution >= 0.6 is 15.9 Å². The maximum atomic E-state index is 5.69. The first-order chi connectivity index (χ1) is 8.22. The predicted octanol–water partition coefficient (Wildman–Crippen LogP) is 2.36. The molecule has 0 fully saturated rings. The Morgan fingerprint density at radius 2 is 2.06 bits per heavy atom. The lowest BCUT2D eigenvalue weighted by molar-refractivity contribution is 1.26. The van der Waals surface area contributed by atoms with E-state index >= 15 is 0 Å². The fourth-order valence-corrected chi connectivity index (χ4v) is 1.93. The summed E-state index contributed by atoms with van der Waals surface area (Å²) in [6, 6.07) is 3.75. The Balaban J connectivity index is 2.18. The number of H-pyrrole nitrogens is 1. The lowest BCUT2D eigenvalue weighted by Crippen LogP contribution is -1.88. The van der Waals surface area contributed by atoms with Crippen molar-refractivity contribution in [3.63, 3.8) is 0 Å². The number of anilines is 1. The van der Waals surface area contributed by atoms with Crippen molar-refractivity contribution < 1.29 is 0 Å². The summed E-state index contributed by atoms with van der Waals surface area (Å²) in [4.78, 5) is 15.8. The number of hydrogen-bond acceptors (Lipinski definition) is 4. The van der Waals surface area contributed by atoms with Crippen LogP contribution in [-0.4, -0.2) is 19.9 Å². The minimum absolute atomic E-state index is 0.608. The summed E-state index contributed by atoms with van der Waals surface area (Å²) in [5.41, 5.74) is 8.69. The molecule has 17 heavy (non-hydrogen) atoms. The van der Waals surface area contributed by atoms with Gasteiger partial charge in [0.25, 0.3) is 0 Å². The number of aromatic nitrogens is 4. The second kappa shape index (κ2) is 3.81. The molecule has 0 spiro atoms. The largest absolute Gasteiger partial charge is 0.397 e. The lowest BCUT2D eigenvalue weighted by Gasteiger charge is -1.96. The minimum Gasteiger partial charge on any atom is -0.397 e.